The number of phenolic OH excluding ortho intramolecular Hbond substituents is 2. The number of aromatic hydroxyl groups is 2. The van der Waals surface area contributed by atoms with Crippen LogP contribution in [-0.4, -0.2) is 10.2 Å². The monoisotopic (exact) mass is 463 g/mol. The molecule has 0 saturated heterocycles. The Kier molecular flexibility index (Phi) is 3.70. The summed E-state index contributed by atoms with van der Waals surface area (Å²) in [5, 5.41) is 19.6. The van der Waals surface area contributed by atoms with E-state index in [1.807, 2.05) is 6.07 Å². The number of rotatable bonds is 1. The summed E-state index contributed by atoms with van der Waals surface area (Å²) in [6, 6.07) is 14.5. The fourth-order valence-corrected chi connectivity index (χ4v) is 1.76. The summed E-state index contributed by atoms with van der Waals surface area (Å²) >= 11 is 0. The van der Waals surface area contributed by atoms with E-state index in [9.17, 15) is 10.2 Å². The topological polar surface area (TPSA) is 53.6 Å². The molecule has 4 heteroatoms. The Balaban J connectivity index is 0.00000120. The molecule has 2 aromatic carbocycles. The zero-order valence-corrected chi connectivity index (χ0v) is 13.5. The van der Waals surface area contributed by atoms with Crippen molar-refractivity contribution in [3.63, 3.8) is 0 Å². The van der Waals surface area contributed by atoms with Gasteiger partial charge in [-0.2, -0.15) is 12.1 Å². The largest absolute Gasteiger partial charge is 0.566 e. The zero-order valence-electron chi connectivity index (χ0n) is 9.34. The number of phenols is 2. The number of benzene rings is 2. The Labute approximate surface area is 127 Å². The Morgan fingerprint density at radius 3 is 2.56 bits per heavy atom. The first-order chi connectivity index (χ1) is 8.22. The average Bonchev–Trinajstić information content (AvgIpc) is 2.72. The summed E-state index contributed by atoms with van der Waals surface area (Å²) in [4.78, 5) is 0. The van der Waals surface area contributed by atoms with E-state index in [-0.39, 0.29) is 42.6 Å². The molecular formula is C14H9O3U-. The van der Waals surface area contributed by atoms with Crippen LogP contribution >= 0.6 is 0 Å². The molecule has 2 N–H and O–H groups in total. The molecular weight excluding hydrogens is 454 g/mol. The van der Waals surface area contributed by atoms with Crippen LogP contribution in [0.3, 0.4) is 0 Å². The van der Waals surface area contributed by atoms with E-state index in [2.05, 4.69) is 6.07 Å². The van der Waals surface area contributed by atoms with E-state index in [1.165, 1.54) is 6.07 Å². The third-order valence-corrected chi connectivity index (χ3v) is 2.56. The molecule has 0 unspecified atom stereocenters. The predicted molar refractivity (Wildman–Crippen MR) is 63.8 cm³/mol. The zero-order chi connectivity index (χ0) is 11.8. The van der Waals surface area contributed by atoms with Gasteiger partial charge in [-0.1, -0.05) is 5.56 Å². The minimum absolute atomic E-state index is 0. The fraction of sp³-hybridized carbons (Fsp3) is 0. The van der Waals surface area contributed by atoms with Crippen molar-refractivity contribution in [1.29, 1.82) is 0 Å². The van der Waals surface area contributed by atoms with Crippen LogP contribution in [0.25, 0.3) is 22.3 Å². The summed E-state index contributed by atoms with van der Waals surface area (Å²) in [6.07, 6.45) is 0. The molecule has 0 saturated carbocycles. The van der Waals surface area contributed by atoms with Gasteiger partial charge < -0.3 is 14.6 Å². The van der Waals surface area contributed by atoms with Crippen LogP contribution in [0, 0.1) is 37.2 Å². The second-order valence-electron chi connectivity index (χ2n) is 3.81. The Hall–Kier alpha value is -1.37. The standard InChI is InChI=1S/C14H9O3.U/c15-11-3-1-2-9(6-11)13-7-10-4-5-12(16)8-14(10)17-13;/h2-8,15-16H;/q-1;. The third-order valence-electron chi connectivity index (χ3n) is 2.56. The Bertz CT molecular complexity index is 688. The van der Waals surface area contributed by atoms with Crippen molar-refractivity contribution in [3.8, 4) is 22.8 Å². The molecule has 0 bridgehead atoms. The summed E-state index contributed by atoms with van der Waals surface area (Å²) < 4.78 is 5.60. The van der Waals surface area contributed by atoms with Gasteiger partial charge in [0.05, 0.1) is 5.76 Å². The molecule has 0 fully saturated rings. The number of fused-ring (bicyclic) bond motifs is 1. The van der Waals surface area contributed by atoms with Gasteiger partial charge in [-0.05, 0) is 18.2 Å². The van der Waals surface area contributed by atoms with Gasteiger partial charge in [-0.25, -0.2) is 0 Å². The normalized spacial score (nSPS) is 10.2. The molecule has 0 aliphatic rings. The molecule has 0 amide bonds. The molecule has 1 aromatic heterocycles. The van der Waals surface area contributed by atoms with Crippen LogP contribution < -0.4 is 0 Å². The third kappa shape index (κ3) is 2.40. The van der Waals surface area contributed by atoms with Crippen LogP contribution in [0.1, 0.15) is 0 Å². The maximum absolute atomic E-state index is 9.38. The fourth-order valence-electron chi connectivity index (χ4n) is 1.76. The van der Waals surface area contributed by atoms with Crippen molar-refractivity contribution in [1.82, 2.24) is 0 Å². The van der Waals surface area contributed by atoms with Crippen LogP contribution in [0.4, 0.5) is 0 Å². The quantitative estimate of drug-likeness (QED) is 0.545. The summed E-state index contributed by atoms with van der Waals surface area (Å²) in [5.74, 6) is 0.949. The van der Waals surface area contributed by atoms with Crippen LogP contribution in [0.15, 0.2) is 46.9 Å². The van der Waals surface area contributed by atoms with Crippen molar-refractivity contribution in [2.75, 3.05) is 0 Å². The predicted octanol–water partition coefficient (Wildman–Crippen LogP) is 3.31. The number of hydrogen-bond acceptors (Lipinski definition) is 3. The second kappa shape index (κ2) is 5.09. The molecule has 0 aliphatic heterocycles. The molecule has 3 aromatic rings. The van der Waals surface area contributed by atoms with E-state index in [1.54, 1.807) is 30.3 Å². The molecule has 3 rings (SSSR count). The van der Waals surface area contributed by atoms with Crippen molar-refractivity contribution in [2.45, 2.75) is 0 Å². The SMILES string of the molecule is Oc1c[c-]cc(-c2cc3ccc(O)cc3o2)c1.[U]. The van der Waals surface area contributed by atoms with Crippen LogP contribution in [0.5, 0.6) is 11.5 Å². The van der Waals surface area contributed by atoms with Gasteiger partial charge >= 0.3 is 0 Å². The molecule has 0 spiro atoms. The van der Waals surface area contributed by atoms with Gasteiger partial charge in [-0.3, -0.25) is 0 Å². The van der Waals surface area contributed by atoms with Gasteiger partial charge in [0.2, 0.25) is 0 Å². The minimum Gasteiger partial charge on any atom is -0.566 e. The van der Waals surface area contributed by atoms with Crippen LogP contribution in [0.2, 0.25) is 0 Å². The molecule has 0 radical (unpaired) electrons. The Morgan fingerprint density at radius 2 is 1.78 bits per heavy atom. The van der Waals surface area contributed by atoms with E-state index < -0.39 is 0 Å². The van der Waals surface area contributed by atoms with Crippen molar-refractivity contribution in [2.24, 2.45) is 0 Å². The number of hydrogen-bond donors (Lipinski definition) is 2. The summed E-state index contributed by atoms with van der Waals surface area (Å²) in [5.41, 5.74) is 1.36. The van der Waals surface area contributed by atoms with Gasteiger partial charge in [-0.15, -0.1) is 12.1 Å². The van der Waals surface area contributed by atoms with Gasteiger partial charge in [0, 0.05) is 48.3 Å². The van der Waals surface area contributed by atoms with E-state index in [0.29, 0.717) is 11.3 Å². The average molecular weight is 463 g/mol. The van der Waals surface area contributed by atoms with E-state index in [4.69, 9.17) is 4.42 Å². The molecule has 0 atom stereocenters. The molecule has 0 aliphatic carbocycles. The van der Waals surface area contributed by atoms with E-state index >= 15 is 0 Å². The van der Waals surface area contributed by atoms with Gasteiger partial charge in [0.25, 0.3) is 0 Å². The van der Waals surface area contributed by atoms with Crippen molar-refractivity contribution >= 4 is 11.0 Å². The first kappa shape index (κ1) is 13.1. The second-order valence-corrected chi connectivity index (χ2v) is 3.81. The number of furan rings is 1. The summed E-state index contributed by atoms with van der Waals surface area (Å²) in [7, 11) is 0. The molecule has 1 heterocycles. The smallest absolute Gasteiger partial charge is 0.136 e. The van der Waals surface area contributed by atoms with Crippen molar-refractivity contribution in [3.05, 3.63) is 48.5 Å². The Morgan fingerprint density at radius 1 is 0.944 bits per heavy atom. The van der Waals surface area contributed by atoms with Gasteiger partial charge in [0.1, 0.15) is 11.3 Å². The summed E-state index contributed by atoms with van der Waals surface area (Å²) in [6.45, 7) is 0. The van der Waals surface area contributed by atoms with Crippen molar-refractivity contribution < 1.29 is 45.7 Å². The minimum atomic E-state index is 0. The first-order valence-corrected chi connectivity index (χ1v) is 5.15. The molecule has 88 valence electrons. The molecule has 18 heavy (non-hydrogen) atoms. The first-order valence-electron chi connectivity index (χ1n) is 5.15. The van der Waals surface area contributed by atoms with E-state index in [0.717, 1.165) is 10.9 Å². The molecule has 3 nitrogen and oxygen atoms in total. The van der Waals surface area contributed by atoms with Crippen LogP contribution in [-0.2, 0) is 0 Å². The maximum Gasteiger partial charge on any atom is 0.136 e. The van der Waals surface area contributed by atoms with Gasteiger partial charge in [0.15, 0.2) is 0 Å². The maximum atomic E-state index is 9.38.